The van der Waals surface area contributed by atoms with E-state index in [2.05, 4.69) is 20.8 Å². The number of carbonyl (C=O) groups is 2. The number of nitrogens with zero attached hydrogens (tertiary/aromatic N) is 3. The molecule has 9 heteroatoms. The number of thioether (sulfide) groups is 1. The van der Waals surface area contributed by atoms with E-state index in [0.717, 1.165) is 31.2 Å². The summed E-state index contributed by atoms with van der Waals surface area (Å²) in [4.78, 5) is 23.9. The maximum Gasteiger partial charge on any atom is 0.321 e. The zero-order valence-corrected chi connectivity index (χ0v) is 16.6. The molecule has 3 amide bonds. The SMILES string of the molecule is Cn1c(SCC(=O)NC(=O)NC2CCCCC2)nnc1-c1ccc(Cl)cc1. The summed E-state index contributed by atoms with van der Waals surface area (Å²) in [5, 5.41) is 14.8. The van der Waals surface area contributed by atoms with Gasteiger partial charge in [-0.25, -0.2) is 4.79 Å². The Morgan fingerprint density at radius 3 is 2.59 bits per heavy atom. The Labute approximate surface area is 167 Å². The third kappa shape index (κ3) is 5.46. The number of hydrogen-bond acceptors (Lipinski definition) is 5. The van der Waals surface area contributed by atoms with E-state index >= 15 is 0 Å². The molecule has 1 fully saturated rings. The van der Waals surface area contributed by atoms with Gasteiger partial charge < -0.3 is 9.88 Å². The van der Waals surface area contributed by atoms with Gasteiger partial charge in [0.2, 0.25) is 5.91 Å². The van der Waals surface area contributed by atoms with Crippen LogP contribution in [-0.4, -0.2) is 38.5 Å². The van der Waals surface area contributed by atoms with E-state index in [9.17, 15) is 9.59 Å². The van der Waals surface area contributed by atoms with Crippen LogP contribution in [0.1, 0.15) is 32.1 Å². The molecule has 27 heavy (non-hydrogen) atoms. The number of hydrogen-bond donors (Lipinski definition) is 2. The molecule has 1 saturated carbocycles. The first-order valence-electron chi connectivity index (χ1n) is 8.91. The lowest BCUT2D eigenvalue weighted by molar-refractivity contribution is -0.117. The van der Waals surface area contributed by atoms with Crippen LogP contribution in [0.3, 0.4) is 0 Å². The van der Waals surface area contributed by atoms with E-state index < -0.39 is 6.03 Å². The van der Waals surface area contributed by atoms with Crippen molar-refractivity contribution >= 4 is 35.3 Å². The summed E-state index contributed by atoms with van der Waals surface area (Å²) in [6, 6.07) is 7.05. The molecule has 1 aromatic carbocycles. The van der Waals surface area contributed by atoms with Crippen molar-refractivity contribution in [3.8, 4) is 11.4 Å². The van der Waals surface area contributed by atoms with Crippen molar-refractivity contribution in [2.45, 2.75) is 43.3 Å². The second-order valence-electron chi connectivity index (χ2n) is 6.52. The van der Waals surface area contributed by atoms with E-state index in [1.54, 1.807) is 12.1 Å². The largest absolute Gasteiger partial charge is 0.335 e. The van der Waals surface area contributed by atoms with Crippen LogP contribution in [0, 0.1) is 0 Å². The second kappa shape index (κ2) is 9.23. The number of aromatic nitrogens is 3. The van der Waals surface area contributed by atoms with E-state index in [4.69, 9.17) is 11.6 Å². The first kappa shape index (κ1) is 19.7. The Morgan fingerprint density at radius 1 is 1.19 bits per heavy atom. The molecule has 1 aliphatic rings. The normalized spacial score (nSPS) is 14.7. The third-order valence-electron chi connectivity index (χ3n) is 4.46. The fourth-order valence-corrected chi connectivity index (χ4v) is 3.89. The van der Waals surface area contributed by atoms with Crippen molar-refractivity contribution in [1.29, 1.82) is 0 Å². The lowest BCUT2D eigenvalue weighted by atomic mass is 9.96. The highest BCUT2D eigenvalue weighted by Gasteiger charge is 2.18. The van der Waals surface area contributed by atoms with Crippen LogP contribution < -0.4 is 10.6 Å². The van der Waals surface area contributed by atoms with Gasteiger partial charge in [0, 0.05) is 23.7 Å². The highest BCUT2D eigenvalue weighted by molar-refractivity contribution is 7.99. The number of urea groups is 1. The number of benzene rings is 1. The van der Waals surface area contributed by atoms with Gasteiger partial charge in [-0.2, -0.15) is 0 Å². The molecule has 7 nitrogen and oxygen atoms in total. The average molecular weight is 408 g/mol. The zero-order chi connectivity index (χ0) is 19.2. The average Bonchev–Trinajstić information content (AvgIpc) is 3.02. The predicted molar refractivity (Wildman–Crippen MR) is 106 cm³/mol. The first-order chi connectivity index (χ1) is 13.0. The van der Waals surface area contributed by atoms with E-state index in [1.165, 1.54) is 18.2 Å². The summed E-state index contributed by atoms with van der Waals surface area (Å²) in [6.07, 6.45) is 5.41. The molecule has 0 spiro atoms. The maximum atomic E-state index is 12.0. The zero-order valence-electron chi connectivity index (χ0n) is 15.1. The number of imide groups is 1. The minimum Gasteiger partial charge on any atom is -0.335 e. The molecule has 1 aromatic heterocycles. The van der Waals surface area contributed by atoms with Gasteiger partial charge in [-0.3, -0.25) is 10.1 Å². The van der Waals surface area contributed by atoms with E-state index in [0.29, 0.717) is 16.0 Å². The number of halogens is 1. The summed E-state index contributed by atoms with van der Waals surface area (Å²) in [5.41, 5.74) is 0.887. The fraction of sp³-hybridized carbons (Fsp3) is 0.444. The number of rotatable bonds is 5. The molecule has 144 valence electrons. The molecule has 1 aliphatic carbocycles. The van der Waals surface area contributed by atoms with Crippen LogP contribution in [0.4, 0.5) is 4.79 Å². The molecule has 0 saturated heterocycles. The molecule has 2 aromatic rings. The van der Waals surface area contributed by atoms with Crippen LogP contribution in [0.2, 0.25) is 5.02 Å². The number of nitrogens with one attached hydrogen (secondary N) is 2. The molecular formula is C18H22ClN5O2S. The number of carbonyl (C=O) groups excluding carboxylic acids is 2. The lowest BCUT2D eigenvalue weighted by Crippen LogP contribution is -2.45. The van der Waals surface area contributed by atoms with Gasteiger partial charge in [-0.15, -0.1) is 10.2 Å². The molecule has 0 bridgehead atoms. The topological polar surface area (TPSA) is 88.9 Å². The molecule has 2 N–H and O–H groups in total. The monoisotopic (exact) mass is 407 g/mol. The van der Waals surface area contributed by atoms with Crippen LogP contribution in [0.5, 0.6) is 0 Å². The second-order valence-corrected chi connectivity index (χ2v) is 7.90. The van der Waals surface area contributed by atoms with Crippen molar-refractivity contribution in [2.24, 2.45) is 7.05 Å². The van der Waals surface area contributed by atoms with Gasteiger partial charge in [-0.05, 0) is 37.1 Å². The maximum absolute atomic E-state index is 12.0. The van der Waals surface area contributed by atoms with Crippen LogP contribution in [0.15, 0.2) is 29.4 Å². The smallest absolute Gasteiger partial charge is 0.321 e. The fourth-order valence-electron chi connectivity index (χ4n) is 3.05. The Balaban J connectivity index is 1.50. The Kier molecular flexibility index (Phi) is 6.73. The van der Waals surface area contributed by atoms with E-state index in [1.807, 2.05) is 23.7 Å². The quantitative estimate of drug-likeness (QED) is 0.741. The van der Waals surface area contributed by atoms with Crippen molar-refractivity contribution < 1.29 is 9.59 Å². The summed E-state index contributed by atoms with van der Waals surface area (Å²) in [5.74, 6) is 0.416. The Morgan fingerprint density at radius 2 is 1.89 bits per heavy atom. The molecule has 3 rings (SSSR count). The predicted octanol–water partition coefficient (Wildman–Crippen LogP) is 3.39. The minimum absolute atomic E-state index is 0.0880. The van der Waals surface area contributed by atoms with Crippen molar-refractivity contribution in [2.75, 3.05) is 5.75 Å². The molecule has 0 atom stereocenters. The van der Waals surface area contributed by atoms with Crippen molar-refractivity contribution in [3.05, 3.63) is 29.3 Å². The molecular weight excluding hydrogens is 386 g/mol. The summed E-state index contributed by atoms with van der Waals surface area (Å²) < 4.78 is 1.81. The molecule has 0 unspecified atom stereocenters. The highest BCUT2D eigenvalue weighted by Crippen LogP contribution is 2.23. The Hall–Kier alpha value is -2.06. The van der Waals surface area contributed by atoms with Crippen LogP contribution >= 0.6 is 23.4 Å². The van der Waals surface area contributed by atoms with Crippen LogP contribution in [0.25, 0.3) is 11.4 Å². The van der Waals surface area contributed by atoms with Gasteiger partial charge in [-0.1, -0.05) is 42.6 Å². The lowest BCUT2D eigenvalue weighted by Gasteiger charge is -2.22. The first-order valence-corrected chi connectivity index (χ1v) is 10.3. The van der Waals surface area contributed by atoms with Gasteiger partial charge in [0.05, 0.1) is 5.75 Å². The summed E-state index contributed by atoms with van der Waals surface area (Å²) in [7, 11) is 1.83. The van der Waals surface area contributed by atoms with Gasteiger partial charge in [0.25, 0.3) is 0 Å². The molecule has 1 heterocycles. The molecule has 0 aliphatic heterocycles. The highest BCUT2D eigenvalue weighted by atomic mass is 35.5. The third-order valence-corrected chi connectivity index (χ3v) is 5.74. The van der Waals surface area contributed by atoms with E-state index in [-0.39, 0.29) is 17.7 Å². The number of amides is 3. The standard InChI is InChI=1S/C18H22ClN5O2S/c1-24-16(12-7-9-13(19)10-8-12)22-23-18(24)27-11-15(25)21-17(26)20-14-5-3-2-4-6-14/h7-10,14H,2-6,11H2,1H3,(H2,20,21,25,26). The van der Waals surface area contributed by atoms with Gasteiger partial charge in [0.1, 0.15) is 0 Å². The Bertz CT molecular complexity index is 803. The van der Waals surface area contributed by atoms with Gasteiger partial charge in [0.15, 0.2) is 11.0 Å². The minimum atomic E-state index is -0.424. The summed E-state index contributed by atoms with van der Waals surface area (Å²) in [6.45, 7) is 0. The van der Waals surface area contributed by atoms with Gasteiger partial charge >= 0.3 is 6.03 Å². The summed E-state index contributed by atoms with van der Waals surface area (Å²) >= 11 is 7.14. The van der Waals surface area contributed by atoms with Crippen LogP contribution in [-0.2, 0) is 11.8 Å². The van der Waals surface area contributed by atoms with Crippen molar-refractivity contribution in [3.63, 3.8) is 0 Å². The molecule has 0 radical (unpaired) electrons. The van der Waals surface area contributed by atoms with Crippen molar-refractivity contribution in [1.82, 2.24) is 25.4 Å².